The van der Waals surface area contributed by atoms with Gasteiger partial charge in [-0.25, -0.2) is 4.98 Å². The van der Waals surface area contributed by atoms with Gasteiger partial charge in [-0.3, -0.25) is 23.9 Å². The van der Waals surface area contributed by atoms with E-state index in [1.165, 1.54) is 11.3 Å². The van der Waals surface area contributed by atoms with Gasteiger partial charge in [-0.1, -0.05) is 37.5 Å². The lowest BCUT2D eigenvalue weighted by molar-refractivity contribution is 0.0653. The van der Waals surface area contributed by atoms with E-state index in [9.17, 15) is 14.4 Å². The topological polar surface area (TPSA) is 81.5 Å². The molecule has 0 saturated heterocycles. The van der Waals surface area contributed by atoms with Crippen molar-refractivity contribution >= 4 is 22.7 Å². The number of hydrogen-bond acceptors (Lipinski definition) is 5. The van der Waals surface area contributed by atoms with Crippen molar-refractivity contribution in [1.29, 1.82) is 0 Å². The Kier molecular flexibility index (Phi) is 5.94. The summed E-state index contributed by atoms with van der Waals surface area (Å²) in [4.78, 5) is 45.9. The molecule has 1 aliphatic carbocycles. The largest absolute Gasteiger partial charge is 0.490 e. The molecular formula is C27H29N3O4. The fraction of sp³-hybridized carbons (Fsp3) is 0.407. The predicted molar refractivity (Wildman–Crippen MR) is 129 cm³/mol. The van der Waals surface area contributed by atoms with E-state index in [0.29, 0.717) is 40.0 Å². The Balaban J connectivity index is 1.48. The third kappa shape index (κ3) is 3.89. The normalized spacial score (nSPS) is 16.5. The van der Waals surface area contributed by atoms with E-state index in [4.69, 9.17) is 9.72 Å². The molecule has 3 aromatic rings. The van der Waals surface area contributed by atoms with Crippen LogP contribution in [0.2, 0.25) is 0 Å². The van der Waals surface area contributed by atoms with Crippen LogP contribution in [0, 0.1) is 0 Å². The summed E-state index contributed by atoms with van der Waals surface area (Å²) >= 11 is 0. The molecule has 0 N–H and O–H groups in total. The lowest BCUT2D eigenvalue weighted by Crippen LogP contribution is -2.35. The van der Waals surface area contributed by atoms with Crippen LogP contribution in [0.1, 0.15) is 78.5 Å². The maximum absolute atomic E-state index is 13.5. The van der Waals surface area contributed by atoms with Gasteiger partial charge < -0.3 is 4.74 Å². The zero-order valence-electron chi connectivity index (χ0n) is 19.6. The zero-order chi connectivity index (χ0) is 23.8. The van der Waals surface area contributed by atoms with Crippen molar-refractivity contribution < 1.29 is 14.3 Å². The van der Waals surface area contributed by atoms with Gasteiger partial charge in [0.05, 0.1) is 28.1 Å². The zero-order valence-corrected chi connectivity index (χ0v) is 19.6. The van der Waals surface area contributed by atoms with E-state index < -0.39 is 0 Å². The van der Waals surface area contributed by atoms with Gasteiger partial charge in [-0.2, -0.15) is 0 Å². The van der Waals surface area contributed by atoms with Crippen LogP contribution < -0.4 is 10.3 Å². The lowest BCUT2D eigenvalue weighted by atomic mass is 9.95. The number of amides is 2. The predicted octanol–water partition coefficient (Wildman–Crippen LogP) is 4.53. The number of imide groups is 1. The van der Waals surface area contributed by atoms with Crippen LogP contribution in [0.15, 0.2) is 47.3 Å². The van der Waals surface area contributed by atoms with Crippen LogP contribution >= 0.6 is 0 Å². The molecule has 2 aromatic carbocycles. The molecule has 1 fully saturated rings. The van der Waals surface area contributed by atoms with E-state index in [1.54, 1.807) is 18.2 Å². The van der Waals surface area contributed by atoms with Crippen LogP contribution in [0.25, 0.3) is 10.9 Å². The van der Waals surface area contributed by atoms with Gasteiger partial charge in [0.25, 0.3) is 17.4 Å². The van der Waals surface area contributed by atoms with E-state index in [-0.39, 0.29) is 36.1 Å². The molecule has 7 heteroatoms. The van der Waals surface area contributed by atoms with Crippen LogP contribution in [-0.4, -0.2) is 38.9 Å². The summed E-state index contributed by atoms with van der Waals surface area (Å²) in [5, 5.41) is 0.605. The SMILES string of the molecule is CC(C)Oc1cccc2c1C(=O)N(CCc1nc3ccccc3c(=O)n1C1CCCCC1)C2=O. The maximum atomic E-state index is 13.5. The summed E-state index contributed by atoms with van der Waals surface area (Å²) in [6.45, 7) is 3.92. The second kappa shape index (κ2) is 9.05. The molecule has 1 aliphatic heterocycles. The van der Waals surface area contributed by atoms with Crippen molar-refractivity contribution in [2.75, 3.05) is 6.54 Å². The molecule has 0 bridgehead atoms. The minimum atomic E-state index is -0.358. The number of carbonyl (C=O) groups is 2. The Labute approximate surface area is 198 Å². The lowest BCUT2D eigenvalue weighted by Gasteiger charge is -2.27. The van der Waals surface area contributed by atoms with Gasteiger partial charge in [-0.05, 0) is 51.0 Å². The van der Waals surface area contributed by atoms with Crippen LogP contribution in [0.5, 0.6) is 5.75 Å². The number of para-hydroxylation sites is 1. The minimum Gasteiger partial charge on any atom is -0.490 e. The molecule has 0 radical (unpaired) electrons. The standard InChI is InChI=1S/C27H29N3O4/c1-17(2)34-22-14-8-12-20-24(22)27(33)29(25(20)31)16-15-23-28-21-13-7-6-11-19(21)26(32)30(23)18-9-4-3-5-10-18/h6-8,11-14,17-18H,3-5,9-10,15-16H2,1-2H3. The Morgan fingerprint density at radius 1 is 0.971 bits per heavy atom. The average molecular weight is 460 g/mol. The molecule has 176 valence electrons. The highest BCUT2D eigenvalue weighted by Gasteiger charge is 2.38. The second-order valence-electron chi connectivity index (χ2n) is 9.37. The van der Waals surface area contributed by atoms with E-state index in [2.05, 4.69) is 0 Å². The van der Waals surface area contributed by atoms with Gasteiger partial charge in [0.15, 0.2) is 0 Å². The first-order valence-electron chi connectivity index (χ1n) is 12.1. The number of nitrogens with zero attached hydrogens (tertiary/aromatic N) is 3. The van der Waals surface area contributed by atoms with Gasteiger partial charge >= 0.3 is 0 Å². The summed E-state index contributed by atoms with van der Waals surface area (Å²) in [6.07, 6.45) is 5.43. The molecule has 1 saturated carbocycles. The highest BCUT2D eigenvalue weighted by atomic mass is 16.5. The van der Waals surface area contributed by atoms with Crippen LogP contribution in [-0.2, 0) is 6.42 Å². The number of ether oxygens (including phenoxy) is 1. The second-order valence-corrected chi connectivity index (χ2v) is 9.37. The highest BCUT2D eigenvalue weighted by molar-refractivity contribution is 6.22. The first kappa shape index (κ1) is 22.3. The molecule has 2 heterocycles. The summed E-state index contributed by atoms with van der Waals surface area (Å²) in [5.74, 6) is 0.368. The monoisotopic (exact) mass is 459 g/mol. The Morgan fingerprint density at radius 2 is 1.74 bits per heavy atom. The van der Waals surface area contributed by atoms with Crippen molar-refractivity contribution in [3.05, 3.63) is 69.8 Å². The molecular weight excluding hydrogens is 430 g/mol. The van der Waals surface area contributed by atoms with Gasteiger partial charge in [-0.15, -0.1) is 0 Å². The molecule has 0 unspecified atom stereocenters. The summed E-state index contributed by atoms with van der Waals surface area (Å²) in [7, 11) is 0. The number of fused-ring (bicyclic) bond motifs is 2. The van der Waals surface area contributed by atoms with Gasteiger partial charge in [0, 0.05) is 19.0 Å². The van der Waals surface area contributed by atoms with E-state index >= 15 is 0 Å². The highest BCUT2D eigenvalue weighted by Crippen LogP contribution is 2.32. The third-order valence-electron chi connectivity index (χ3n) is 6.70. The molecule has 2 amide bonds. The summed E-state index contributed by atoms with van der Waals surface area (Å²) < 4.78 is 7.62. The van der Waals surface area contributed by atoms with E-state index in [0.717, 1.165) is 25.7 Å². The fourth-order valence-electron chi connectivity index (χ4n) is 5.15. The van der Waals surface area contributed by atoms with Crippen LogP contribution in [0.4, 0.5) is 0 Å². The van der Waals surface area contributed by atoms with Gasteiger partial charge in [0.1, 0.15) is 11.6 Å². The Bertz CT molecular complexity index is 1320. The maximum Gasteiger partial charge on any atom is 0.265 e. The smallest absolute Gasteiger partial charge is 0.265 e. The van der Waals surface area contributed by atoms with Crippen LogP contribution in [0.3, 0.4) is 0 Å². The van der Waals surface area contributed by atoms with E-state index in [1.807, 2.05) is 42.7 Å². The number of hydrogen-bond donors (Lipinski definition) is 0. The number of aromatic nitrogens is 2. The molecule has 5 rings (SSSR count). The number of benzene rings is 2. The number of carbonyl (C=O) groups excluding carboxylic acids is 2. The average Bonchev–Trinajstić information content (AvgIpc) is 3.08. The van der Waals surface area contributed by atoms with Crippen molar-refractivity contribution in [3.63, 3.8) is 0 Å². The molecule has 1 aromatic heterocycles. The summed E-state index contributed by atoms with van der Waals surface area (Å²) in [6, 6.07) is 12.6. The van der Waals surface area contributed by atoms with Crippen molar-refractivity contribution in [2.24, 2.45) is 0 Å². The van der Waals surface area contributed by atoms with Crippen molar-refractivity contribution in [3.8, 4) is 5.75 Å². The Morgan fingerprint density at radius 3 is 2.50 bits per heavy atom. The third-order valence-corrected chi connectivity index (χ3v) is 6.70. The number of rotatable bonds is 6. The van der Waals surface area contributed by atoms with Crippen molar-refractivity contribution in [2.45, 2.75) is 64.5 Å². The first-order chi connectivity index (χ1) is 16.5. The van der Waals surface area contributed by atoms with Crippen molar-refractivity contribution in [1.82, 2.24) is 14.5 Å². The Hall–Kier alpha value is -3.48. The summed E-state index contributed by atoms with van der Waals surface area (Å²) in [5.41, 5.74) is 1.28. The molecule has 0 spiro atoms. The molecule has 2 aliphatic rings. The fourth-order valence-corrected chi connectivity index (χ4v) is 5.15. The van der Waals surface area contributed by atoms with Gasteiger partial charge in [0.2, 0.25) is 0 Å². The molecule has 34 heavy (non-hydrogen) atoms. The minimum absolute atomic E-state index is 0.0394. The molecule has 7 nitrogen and oxygen atoms in total. The molecule has 0 atom stereocenters. The quantitative estimate of drug-likeness (QED) is 0.506. The first-order valence-corrected chi connectivity index (χ1v) is 12.1.